The molecule has 2 nitrogen and oxygen atoms in total. The van der Waals surface area contributed by atoms with Gasteiger partial charge in [-0.15, -0.1) is 11.3 Å². The molecule has 1 aromatic rings. The zero-order valence-corrected chi connectivity index (χ0v) is 13.8. The Kier molecular flexibility index (Phi) is 6.68. The van der Waals surface area contributed by atoms with Crippen LogP contribution >= 0.6 is 23.1 Å². The van der Waals surface area contributed by atoms with E-state index in [1.54, 1.807) is 0 Å². The summed E-state index contributed by atoms with van der Waals surface area (Å²) in [7, 11) is 0. The fourth-order valence-corrected chi connectivity index (χ4v) is 4.74. The molecule has 1 unspecified atom stereocenters. The van der Waals surface area contributed by atoms with Crippen molar-refractivity contribution in [1.29, 1.82) is 0 Å². The Hall–Kier alpha value is -0.0600. The normalized spacial score (nSPS) is 18.6. The van der Waals surface area contributed by atoms with Crippen LogP contribution in [0.25, 0.3) is 0 Å². The first-order valence-corrected chi connectivity index (χ1v) is 9.53. The summed E-state index contributed by atoms with van der Waals surface area (Å²) in [5.41, 5.74) is 1.17. The SMILES string of the molecule is CCCNC(Cc1nc(C)cs1)CC1CCSCC1. The van der Waals surface area contributed by atoms with Gasteiger partial charge in [0.25, 0.3) is 0 Å². The van der Waals surface area contributed by atoms with Gasteiger partial charge in [-0.1, -0.05) is 6.92 Å². The molecule has 0 aromatic carbocycles. The molecule has 0 bridgehead atoms. The van der Waals surface area contributed by atoms with Crippen molar-refractivity contribution in [3.05, 3.63) is 16.1 Å². The van der Waals surface area contributed by atoms with Gasteiger partial charge in [0.2, 0.25) is 0 Å². The summed E-state index contributed by atoms with van der Waals surface area (Å²) in [6.07, 6.45) is 6.48. The third-order valence-electron chi connectivity index (χ3n) is 3.73. The molecule has 0 saturated carbocycles. The van der Waals surface area contributed by atoms with Crippen LogP contribution in [0.5, 0.6) is 0 Å². The van der Waals surface area contributed by atoms with Crippen LogP contribution in [0.2, 0.25) is 0 Å². The number of hydrogen-bond acceptors (Lipinski definition) is 4. The first-order valence-electron chi connectivity index (χ1n) is 7.50. The standard InChI is InChI=1S/C15H26N2S2/c1-3-6-16-14(9-13-4-7-18-8-5-13)10-15-17-12(2)11-19-15/h11,13-14,16H,3-10H2,1-2H3. The number of rotatable bonds is 7. The number of thioether (sulfide) groups is 1. The number of aryl methyl sites for hydroxylation is 1. The fraction of sp³-hybridized carbons (Fsp3) is 0.800. The van der Waals surface area contributed by atoms with Crippen LogP contribution in [-0.2, 0) is 6.42 Å². The third kappa shape index (κ3) is 5.44. The summed E-state index contributed by atoms with van der Waals surface area (Å²) in [4.78, 5) is 4.63. The minimum atomic E-state index is 0.624. The smallest absolute Gasteiger partial charge is 0.0943 e. The average molecular weight is 299 g/mol. The molecule has 0 amide bonds. The summed E-state index contributed by atoms with van der Waals surface area (Å²) in [5, 5.41) is 7.21. The molecule has 2 rings (SSSR count). The van der Waals surface area contributed by atoms with Crippen LogP contribution in [-0.4, -0.2) is 29.1 Å². The lowest BCUT2D eigenvalue weighted by Gasteiger charge is -2.26. The van der Waals surface area contributed by atoms with Gasteiger partial charge in [-0.05, 0) is 56.6 Å². The molecule has 1 N–H and O–H groups in total. The Morgan fingerprint density at radius 2 is 2.21 bits per heavy atom. The molecular formula is C15H26N2S2. The van der Waals surface area contributed by atoms with Gasteiger partial charge in [0.15, 0.2) is 0 Å². The van der Waals surface area contributed by atoms with E-state index in [1.165, 1.54) is 47.9 Å². The van der Waals surface area contributed by atoms with E-state index in [-0.39, 0.29) is 0 Å². The van der Waals surface area contributed by atoms with Crippen molar-refractivity contribution < 1.29 is 0 Å². The molecule has 2 heterocycles. The lowest BCUT2D eigenvalue weighted by atomic mass is 9.93. The Bertz CT molecular complexity index is 359. The summed E-state index contributed by atoms with van der Waals surface area (Å²) < 4.78 is 0. The minimum Gasteiger partial charge on any atom is -0.314 e. The van der Waals surface area contributed by atoms with Crippen LogP contribution in [0.3, 0.4) is 0 Å². The van der Waals surface area contributed by atoms with Gasteiger partial charge in [0.05, 0.1) is 5.01 Å². The highest BCUT2D eigenvalue weighted by atomic mass is 32.2. The third-order valence-corrected chi connectivity index (χ3v) is 5.77. The molecule has 1 fully saturated rings. The average Bonchev–Trinajstić information content (AvgIpc) is 2.82. The summed E-state index contributed by atoms with van der Waals surface area (Å²) in [6, 6.07) is 0.624. The minimum absolute atomic E-state index is 0.624. The van der Waals surface area contributed by atoms with E-state index in [0.29, 0.717) is 6.04 Å². The van der Waals surface area contributed by atoms with Crippen LogP contribution in [0.4, 0.5) is 0 Å². The maximum absolute atomic E-state index is 4.63. The lowest BCUT2D eigenvalue weighted by molar-refractivity contribution is 0.362. The molecule has 0 aliphatic carbocycles. The molecular weight excluding hydrogens is 272 g/mol. The van der Waals surface area contributed by atoms with E-state index in [9.17, 15) is 0 Å². The van der Waals surface area contributed by atoms with E-state index in [1.807, 2.05) is 11.3 Å². The van der Waals surface area contributed by atoms with Crippen LogP contribution in [0, 0.1) is 12.8 Å². The molecule has 4 heteroatoms. The second-order valence-electron chi connectivity index (χ2n) is 5.53. The Labute approximate surface area is 125 Å². The summed E-state index contributed by atoms with van der Waals surface area (Å²) >= 11 is 3.94. The van der Waals surface area contributed by atoms with E-state index in [4.69, 9.17) is 0 Å². The lowest BCUT2D eigenvalue weighted by Crippen LogP contribution is -2.34. The van der Waals surface area contributed by atoms with Crippen LogP contribution in [0.15, 0.2) is 5.38 Å². The number of hydrogen-bond donors (Lipinski definition) is 1. The molecule has 0 radical (unpaired) electrons. The maximum atomic E-state index is 4.63. The number of nitrogens with one attached hydrogen (secondary N) is 1. The molecule has 1 atom stereocenters. The molecule has 0 spiro atoms. The zero-order chi connectivity index (χ0) is 13.5. The van der Waals surface area contributed by atoms with E-state index >= 15 is 0 Å². The molecule has 108 valence electrons. The van der Waals surface area contributed by atoms with Crippen molar-refractivity contribution in [2.75, 3.05) is 18.1 Å². The largest absolute Gasteiger partial charge is 0.314 e. The topological polar surface area (TPSA) is 24.9 Å². The predicted molar refractivity (Wildman–Crippen MR) is 87.3 cm³/mol. The van der Waals surface area contributed by atoms with Crippen molar-refractivity contribution in [1.82, 2.24) is 10.3 Å². The Morgan fingerprint density at radius 1 is 1.42 bits per heavy atom. The number of nitrogens with zero attached hydrogens (tertiary/aromatic N) is 1. The van der Waals surface area contributed by atoms with Crippen LogP contribution < -0.4 is 5.32 Å². The second-order valence-corrected chi connectivity index (χ2v) is 7.70. The van der Waals surface area contributed by atoms with E-state index in [2.05, 4.69) is 41.3 Å². The second kappa shape index (κ2) is 8.28. The first kappa shape index (κ1) is 15.3. The summed E-state index contributed by atoms with van der Waals surface area (Å²) in [6.45, 7) is 5.47. The zero-order valence-electron chi connectivity index (χ0n) is 12.2. The maximum Gasteiger partial charge on any atom is 0.0943 e. The molecule has 1 aliphatic heterocycles. The fourth-order valence-electron chi connectivity index (χ4n) is 2.68. The van der Waals surface area contributed by atoms with Gasteiger partial charge in [-0.2, -0.15) is 11.8 Å². The number of aromatic nitrogens is 1. The van der Waals surface area contributed by atoms with Gasteiger partial charge in [-0.25, -0.2) is 4.98 Å². The molecule has 1 aromatic heterocycles. The van der Waals surface area contributed by atoms with Crippen molar-refractivity contribution >= 4 is 23.1 Å². The van der Waals surface area contributed by atoms with Crippen molar-refractivity contribution in [2.24, 2.45) is 5.92 Å². The monoisotopic (exact) mass is 298 g/mol. The van der Waals surface area contributed by atoms with Gasteiger partial charge in [0.1, 0.15) is 0 Å². The van der Waals surface area contributed by atoms with E-state index in [0.717, 1.165) is 18.9 Å². The van der Waals surface area contributed by atoms with Crippen molar-refractivity contribution in [3.8, 4) is 0 Å². The van der Waals surface area contributed by atoms with Crippen LogP contribution in [0.1, 0.15) is 43.3 Å². The molecule has 1 saturated heterocycles. The summed E-state index contributed by atoms with van der Waals surface area (Å²) in [5.74, 6) is 3.65. The first-order chi connectivity index (χ1) is 9.28. The van der Waals surface area contributed by atoms with Gasteiger partial charge >= 0.3 is 0 Å². The highest BCUT2D eigenvalue weighted by molar-refractivity contribution is 7.99. The molecule has 19 heavy (non-hydrogen) atoms. The van der Waals surface area contributed by atoms with Gasteiger partial charge in [0, 0.05) is 23.5 Å². The highest BCUT2D eigenvalue weighted by Gasteiger charge is 2.20. The molecule has 1 aliphatic rings. The van der Waals surface area contributed by atoms with E-state index < -0.39 is 0 Å². The quantitative estimate of drug-likeness (QED) is 0.826. The van der Waals surface area contributed by atoms with Gasteiger partial charge in [-0.3, -0.25) is 0 Å². The Morgan fingerprint density at radius 3 is 2.84 bits per heavy atom. The predicted octanol–water partition coefficient (Wildman–Crippen LogP) is 3.90. The Balaban J connectivity index is 1.86. The highest BCUT2D eigenvalue weighted by Crippen LogP contribution is 2.27. The van der Waals surface area contributed by atoms with Gasteiger partial charge < -0.3 is 5.32 Å². The van der Waals surface area contributed by atoms with Crippen molar-refractivity contribution in [3.63, 3.8) is 0 Å². The van der Waals surface area contributed by atoms with Crippen molar-refractivity contribution in [2.45, 2.75) is 52.0 Å². The number of thiazole rings is 1.